The first-order valence-corrected chi connectivity index (χ1v) is 1.84. The first-order valence-electron chi connectivity index (χ1n) is 1.84. The highest BCUT2D eigenvalue weighted by molar-refractivity contribution is 5.85. The Labute approximate surface area is 49.7 Å². The van der Waals surface area contributed by atoms with Gasteiger partial charge >= 0.3 is 0 Å². The van der Waals surface area contributed by atoms with E-state index in [1.165, 1.54) is 0 Å². The Morgan fingerprint density at radius 3 is 2.43 bits per heavy atom. The van der Waals surface area contributed by atoms with Crippen molar-refractivity contribution in [3.63, 3.8) is 0 Å². The maximum atomic E-state index is 4.66. The molecule has 0 aliphatic carbocycles. The molecule has 0 radical (unpaired) electrons. The smallest absolute Gasteiger partial charge is 0.0860 e. The summed E-state index contributed by atoms with van der Waals surface area (Å²) >= 11 is 0. The fraction of sp³-hybridized carbons (Fsp3) is 0.500. The van der Waals surface area contributed by atoms with Gasteiger partial charge in [-0.05, 0) is 6.92 Å². The molecule has 3 heteroatoms. The highest BCUT2D eigenvalue weighted by Gasteiger charge is 1.62. The molecule has 0 spiro atoms. The van der Waals surface area contributed by atoms with Crippen molar-refractivity contribution >= 4 is 12.4 Å². The summed E-state index contributed by atoms with van der Waals surface area (Å²) in [6, 6.07) is 0. The quantitative estimate of drug-likeness (QED) is 0.437. The summed E-state index contributed by atoms with van der Waals surface area (Å²) in [6.45, 7) is 2.43. The fourth-order valence-electron chi connectivity index (χ4n) is 0.152. The number of rotatable bonds is 2. The Kier molecular flexibility index (Phi) is 13.4. The van der Waals surface area contributed by atoms with Gasteiger partial charge in [0, 0.05) is 0 Å². The van der Waals surface area contributed by atoms with Crippen LogP contribution in [-0.2, 0) is 4.84 Å². The minimum atomic E-state index is 0. The summed E-state index contributed by atoms with van der Waals surface area (Å²) in [5.41, 5.74) is 0. The second-order valence-corrected chi connectivity index (χ2v) is 0.902. The molecule has 2 nitrogen and oxygen atoms in total. The molecule has 0 aliphatic heterocycles. The van der Waals surface area contributed by atoms with Gasteiger partial charge in [-0.15, -0.1) is 12.4 Å². The van der Waals surface area contributed by atoms with Crippen molar-refractivity contribution in [2.75, 3.05) is 6.61 Å². The molecule has 0 rings (SSSR count). The average Bonchev–Trinajstić information content (AvgIpc) is 1.61. The van der Waals surface area contributed by atoms with Crippen LogP contribution in [0.25, 0.3) is 0 Å². The molecule has 44 valence electrons. The zero-order valence-corrected chi connectivity index (χ0v) is 5.07. The Bertz CT molecular complexity index is 47.0. The van der Waals surface area contributed by atoms with Crippen LogP contribution in [0.2, 0.25) is 0 Å². The van der Waals surface area contributed by atoms with E-state index in [4.69, 9.17) is 0 Å². The van der Waals surface area contributed by atoms with Crippen molar-refractivity contribution in [2.45, 2.75) is 6.92 Å². The van der Waals surface area contributed by atoms with Crippen LogP contribution < -0.4 is 5.90 Å². The predicted octanol–water partition coefficient (Wildman–Crippen LogP) is 0.875. The Hall–Kier alpha value is -0.0500. The normalized spacial score (nSPS) is 8.86. The minimum absolute atomic E-state index is 0. The maximum absolute atomic E-state index is 4.66. The summed E-state index contributed by atoms with van der Waals surface area (Å²) in [6.07, 6.45) is 3.72. The summed E-state index contributed by atoms with van der Waals surface area (Å²) in [5, 5.41) is 0. The van der Waals surface area contributed by atoms with Crippen molar-refractivity contribution < 1.29 is 4.84 Å². The zero-order chi connectivity index (χ0) is 4.83. The van der Waals surface area contributed by atoms with Crippen LogP contribution in [0, 0.1) is 0 Å². The van der Waals surface area contributed by atoms with Crippen molar-refractivity contribution in [2.24, 2.45) is 5.90 Å². The Balaban J connectivity index is 0. The maximum Gasteiger partial charge on any atom is 0.0860 e. The van der Waals surface area contributed by atoms with Gasteiger partial charge in [-0.1, -0.05) is 12.2 Å². The van der Waals surface area contributed by atoms with Crippen LogP contribution in [0.15, 0.2) is 12.2 Å². The van der Waals surface area contributed by atoms with Crippen molar-refractivity contribution in [3.05, 3.63) is 12.2 Å². The lowest BCUT2D eigenvalue weighted by atomic mass is 10.6. The summed E-state index contributed by atoms with van der Waals surface area (Å²) in [7, 11) is 0. The molecule has 0 saturated heterocycles. The van der Waals surface area contributed by atoms with Crippen molar-refractivity contribution in [1.29, 1.82) is 0 Å². The van der Waals surface area contributed by atoms with E-state index in [2.05, 4.69) is 10.7 Å². The van der Waals surface area contributed by atoms with Gasteiger partial charge in [0.05, 0.1) is 6.61 Å². The highest BCUT2D eigenvalue weighted by Crippen LogP contribution is 1.66. The van der Waals surface area contributed by atoms with E-state index < -0.39 is 0 Å². The minimum Gasteiger partial charge on any atom is -0.300 e. The lowest BCUT2D eigenvalue weighted by molar-refractivity contribution is 0.168. The molecule has 0 aliphatic rings. The van der Waals surface area contributed by atoms with E-state index in [-0.39, 0.29) is 12.4 Å². The number of allylic oxidation sites excluding steroid dienone is 1. The first-order chi connectivity index (χ1) is 2.91. The molecule has 0 heterocycles. The Morgan fingerprint density at radius 1 is 1.71 bits per heavy atom. The van der Waals surface area contributed by atoms with Crippen LogP contribution in [0.4, 0.5) is 0 Å². The third kappa shape index (κ3) is 10.7. The number of hydrogen-bond acceptors (Lipinski definition) is 2. The van der Waals surface area contributed by atoms with E-state index in [1.807, 2.05) is 19.1 Å². The molecular weight excluding hydrogens is 114 g/mol. The SMILES string of the molecule is CC=CCON.Cl. The molecule has 0 bridgehead atoms. The largest absolute Gasteiger partial charge is 0.300 e. The lowest BCUT2D eigenvalue weighted by Gasteiger charge is -1.81. The van der Waals surface area contributed by atoms with Gasteiger partial charge in [0.25, 0.3) is 0 Å². The molecule has 7 heavy (non-hydrogen) atoms. The molecule has 2 N–H and O–H groups in total. The molecule has 0 atom stereocenters. The average molecular weight is 124 g/mol. The molecule has 0 aromatic heterocycles. The van der Waals surface area contributed by atoms with E-state index in [9.17, 15) is 0 Å². The van der Waals surface area contributed by atoms with Gasteiger partial charge in [-0.3, -0.25) is 0 Å². The second-order valence-electron chi connectivity index (χ2n) is 0.902. The fourth-order valence-corrected chi connectivity index (χ4v) is 0.152. The van der Waals surface area contributed by atoms with Crippen LogP contribution in [-0.4, -0.2) is 6.61 Å². The second kappa shape index (κ2) is 9.34. The van der Waals surface area contributed by atoms with Gasteiger partial charge in [-0.2, -0.15) is 0 Å². The summed E-state index contributed by atoms with van der Waals surface area (Å²) < 4.78 is 0. The molecule has 0 unspecified atom stereocenters. The third-order valence-electron chi connectivity index (χ3n) is 0.428. The third-order valence-corrected chi connectivity index (χ3v) is 0.428. The topological polar surface area (TPSA) is 35.2 Å². The molecule has 0 aromatic carbocycles. The van der Waals surface area contributed by atoms with Crippen LogP contribution in [0.5, 0.6) is 0 Å². The molecule has 0 aromatic rings. The van der Waals surface area contributed by atoms with Crippen LogP contribution >= 0.6 is 12.4 Å². The van der Waals surface area contributed by atoms with Crippen LogP contribution in [0.1, 0.15) is 6.92 Å². The van der Waals surface area contributed by atoms with Gasteiger partial charge in [0.1, 0.15) is 0 Å². The lowest BCUT2D eigenvalue weighted by Crippen LogP contribution is -1.96. The number of nitrogens with two attached hydrogens (primary N) is 1. The highest BCUT2D eigenvalue weighted by atomic mass is 35.5. The van der Waals surface area contributed by atoms with E-state index >= 15 is 0 Å². The molecule has 0 amide bonds. The van der Waals surface area contributed by atoms with Gasteiger partial charge in [-0.25, -0.2) is 5.90 Å². The van der Waals surface area contributed by atoms with E-state index in [0.29, 0.717) is 6.61 Å². The van der Waals surface area contributed by atoms with Crippen molar-refractivity contribution in [1.82, 2.24) is 0 Å². The Morgan fingerprint density at radius 2 is 2.29 bits per heavy atom. The predicted molar refractivity (Wildman–Crippen MR) is 32.2 cm³/mol. The molecular formula is C4H10ClNO. The van der Waals surface area contributed by atoms with E-state index in [0.717, 1.165) is 0 Å². The standard InChI is InChI=1S/C4H9NO.ClH/c1-2-3-4-6-5;/h2-3H,4-5H2,1H3;1H. The van der Waals surface area contributed by atoms with E-state index in [1.54, 1.807) is 0 Å². The van der Waals surface area contributed by atoms with Crippen LogP contribution in [0.3, 0.4) is 0 Å². The molecule has 0 saturated carbocycles. The number of halogens is 1. The number of hydrogen-bond donors (Lipinski definition) is 1. The van der Waals surface area contributed by atoms with Gasteiger partial charge < -0.3 is 4.84 Å². The summed E-state index contributed by atoms with van der Waals surface area (Å²) in [5.74, 6) is 4.66. The zero-order valence-electron chi connectivity index (χ0n) is 4.26. The van der Waals surface area contributed by atoms with Gasteiger partial charge in [0.15, 0.2) is 0 Å². The molecule has 0 fully saturated rings. The summed E-state index contributed by atoms with van der Waals surface area (Å²) in [4.78, 5) is 4.20. The monoisotopic (exact) mass is 123 g/mol. The first kappa shape index (κ1) is 10.0. The van der Waals surface area contributed by atoms with Crippen molar-refractivity contribution in [3.8, 4) is 0 Å². The van der Waals surface area contributed by atoms with Gasteiger partial charge in [0.2, 0.25) is 0 Å².